The minimum Gasteiger partial charge on any atom is -0.507 e. The zero-order valence-electron chi connectivity index (χ0n) is 15.7. The molecule has 144 valence electrons. The van der Waals surface area contributed by atoms with Crippen molar-refractivity contribution < 1.29 is 19.1 Å². The fourth-order valence-electron chi connectivity index (χ4n) is 3.55. The van der Waals surface area contributed by atoms with Gasteiger partial charge in [0.1, 0.15) is 11.6 Å². The number of rotatable bonds is 3. The molecular formula is C24H18FNO3. The maximum Gasteiger partial charge on any atom is 0.300 e. The molecule has 5 heteroatoms. The Balaban J connectivity index is 1.97. The molecule has 1 saturated heterocycles. The number of hydrogen-bond donors (Lipinski definition) is 1. The first kappa shape index (κ1) is 18.6. The van der Waals surface area contributed by atoms with Crippen LogP contribution in [-0.4, -0.2) is 16.8 Å². The number of Topliss-reactive ketones (excluding diaryl/α,β-unsaturated/α-hetero) is 1. The van der Waals surface area contributed by atoms with Crippen LogP contribution in [-0.2, 0) is 9.59 Å². The Morgan fingerprint density at radius 2 is 1.52 bits per heavy atom. The quantitative estimate of drug-likeness (QED) is 0.400. The molecule has 0 saturated carbocycles. The van der Waals surface area contributed by atoms with E-state index in [1.54, 1.807) is 60.7 Å². The number of para-hydroxylation sites is 1. The molecule has 1 fully saturated rings. The molecule has 1 atom stereocenters. The van der Waals surface area contributed by atoms with Gasteiger partial charge in [-0.2, -0.15) is 0 Å². The largest absolute Gasteiger partial charge is 0.507 e. The maximum atomic E-state index is 14.7. The molecule has 4 nitrogen and oxygen atoms in total. The van der Waals surface area contributed by atoms with Gasteiger partial charge in [-0.25, -0.2) is 4.39 Å². The number of aliphatic hydroxyl groups excluding tert-OH is 1. The van der Waals surface area contributed by atoms with Gasteiger partial charge in [-0.05, 0) is 25.1 Å². The fourth-order valence-corrected chi connectivity index (χ4v) is 3.55. The predicted octanol–water partition coefficient (Wildman–Crippen LogP) is 4.76. The highest BCUT2D eigenvalue weighted by molar-refractivity contribution is 6.51. The van der Waals surface area contributed by atoms with Crippen LogP contribution in [0.2, 0.25) is 0 Å². The van der Waals surface area contributed by atoms with E-state index in [1.807, 2.05) is 6.92 Å². The molecule has 4 rings (SSSR count). The second-order valence-corrected chi connectivity index (χ2v) is 6.89. The van der Waals surface area contributed by atoms with Crippen molar-refractivity contribution >= 4 is 23.1 Å². The Labute approximate surface area is 167 Å². The molecule has 3 aromatic carbocycles. The Kier molecular flexibility index (Phi) is 4.72. The molecule has 1 N–H and O–H groups in total. The second-order valence-electron chi connectivity index (χ2n) is 6.89. The number of benzene rings is 3. The third kappa shape index (κ3) is 3.21. The zero-order valence-corrected chi connectivity index (χ0v) is 15.7. The van der Waals surface area contributed by atoms with Crippen LogP contribution < -0.4 is 4.90 Å². The summed E-state index contributed by atoms with van der Waals surface area (Å²) in [6.07, 6.45) is 0. The van der Waals surface area contributed by atoms with Crippen molar-refractivity contribution in [1.82, 2.24) is 0 Å². The van der Waals surface area contributed by atoms with Crippen LogP contribution in [0.5, 0.6) is 0 Å². The Bertz CT molecular complexity index is 1120. The van der Waals surface area contributed by atoms with Crippen LogP contribution in [0.25, 0.3) is 5.76 Å². The molecular weight excluding hydrogens is 369 g/mol. The van der Waals surface area contributed by atoms with E-state index < -0.39 is 23.5 Å². The van der Waals surface area contributed by atoms with Gasteiger partial charge in [0, 0.05) is 16.8 Å². The van der Waals surface area contributed by atoms with Crippen LogP contribution in [0.15, 0.2) is 84.4 Å². The summed E-state index contributed by atoms with van der Waals surface area (Å²) in [5, 5.41) is 10.9. The number of aliphatic hydroxyl groups is 1. The molecule has 0 unspecified atom stereocenters. The first-order valence-corrected chi connectivity index (χ1v) is 9.16. The van der Waals surface area contributed by atoms with Gasteiger partial charge in [0.05, 0.1) is 11.6 Å². The second kappa shape index (κ2) is 7.36. The number of anilines is 1. The Hall–Kier alpha value is -3.73. The van der Waals surface area contributed by atoms with Crippen LogP contribution >= 0.6 is 0 Å². The lowest BCUT2D eigenvalue weighted by molar-refractivity contribution is -0.132. The van der Waals surface area contributed by atoms with Crippen molar-refractivity contribution in [3.8, 4) is 0 Å². The molecule has 0 bridgehead atoms. The third-order valence-electron chi connectivity index (χ3n) is 5.00. The summed E-state index contributed by atoms with van der Waals surface area (Å²) in [5.74, 6) is -2.54. The summed E-state index contributed by atoms with van der Waals surface area (Å²) in [6, 6.07) is 20.4. The number of carbonyl (C=O) groups is 2. The molecule has 1 heterocycles. The molecule has 1 aliphatic heterocycles. The average Bonchev–Trinajstić information content (AvgIpc) is 3.00. The molecule has 0 radical (unpaired) electrons. The van der Waals surface area contributed by atoms with E-state index in [2.05, 4.69) is 0 Å². The van der Waals surface area contributed by atoms with E-state index in [1.165, 1.54) is 23.1 Å². The molecule has 1 aliphatic rings. The van der Waals surface area contributed by atoms with Gasteiger partial charge in [-0.15, -0.1) is 0 Å². The average molecular weight is 387 g/mol. The summed E-state index contributed by atoms with van der Waals surface area (Å²) in [7, 11) is 0. The lowest BCUT2D eigenvalue weighted by atomic mass is 9.94. The molecule has 3 aromatic rings. The van der Waals surface area contributed by atoms with Gasteiger partial charge in [-0.3, -0.25) is 14.5 Å². The Morgan fingerprint density at radius 1 is 0.897 bits per heavy atom. The summed E-state index contributed by atoms with van der Waals surface area (Å²) >= 11 is 0. The Morgan fingerprint density at radius 3 is 2.17 bits per heavy atom. The van der Waals surface area contributed by atoms with Crippen molar-refractivity contribution in [1.29, 1.82) is 0 Å². The highest BCUT2D eigenvalue weighted by Gasteiger charge is 2.47. The van der Waals surface area contributed by atoms with E-state index in [9.17, 15) is 19.1 Å². The third-order valence-corrected chi connectivity index (χ3v) is 5.00. The first-order valence-electron chi connectivity index (χ1n) is 9.16. The SMILES string of the molecule is Cc1ccc(C(O)=C2C(=O)C(=O)N(c3ccccc3)[C@H]2c2ccccc2F)cc1. The zero-order chi connectivity index (χ0) is 20.5. The summed E-state index contributed by atoms with van der Waals surface area (Å²) in [4.78, 5) is 27.1. The van der Waals surface area contributed by atoms with Crippen molar-refractivity contribution in [2.75, 3.05) is 4.90 Å². The van der Waals surface area contributed by atoms with Crippen LogP contribution in [0.1, 0.15) is 22.7 Å². The van der Waals surface area contributed by atoms with Crippen molar-refractivity contribution in [2.45, 2.75) is 13.0 Å². The number of nitrogens with zero attached hydrogens (tertiary/aromatic N) is 1. The summed E-state index contributed by atoms with van der Waals surface area (Å²) in [5.41, 5.74) is 1.84. The lowest BCUT2D eigenvalue weighted by Gasteiger charge is -2.25. The van der Waals surface area contributed by atoms with E-state index in [-0.39, 0.29) is 16.9 Å². The molecule has 0 aliphatic carbocycles. The minimum atomic E-state index is -1.07. The predicted molar refractivity (Wildman–Crippen MR) is 109 cm³/mol. The van der Waals surface area contributed by atoms with Gasteiger partial charge in [0.15, 0.2) is 0 Å². The highest BCUT2D eigenvalue weighted by atomic mass is 19.1. The summed E-state index contributed by atoms with van der Waals surface area (Å²) < 4.78 is 14.7. The van der Waals surface area contributed by atoms with Gasteiger partial charge in [-0.1, -0.05) is 66.2 Å². The fraction of sp³-hybridized carbons (Fsp3) is 0.0833. The van der Waals surface area contributed by atoms with Gasteiger partial charge in [0.2, 0.25) is 0 Å². The molecule has 1 amide bonds. The van der Waals surface area contributed by atoms with Crippen LogP contribution in [0.3, 0.4) is 0 Å². The maximum absolute atomic E-state index is 14.7. The number of aryl methyl sites for hydroxylation is 1. The van der Waals surface area contributed by atoms with Gasteiger partial charge < -0.3 is 5.11 Å². The first-order chi connectivity index (χ1) is 14.0. The number of amides is 1. The van der Waals surface area contributed by atoms with E-state index in [0.717, 1.165) is 5.56 Å². The number of halogens is 1. The monoisotopic (exact) mass is 387 g/mol. The topological polar surface area (TPSA) is 57.6 Å². The minimum absolute atomic E-state index is 0.132. The smallest absolute Gasteiger partial charge is 0.300 e. The van der Waals surface area contributed by atoms with Crippen LogP contribution in [0.4, 0.5) is 10.1 Å². The standard InChI is InChI=1S/C24H18FNO3/c1-15-11-13-16(14-12-15)22(27)20-21(18-9-5-6-10-19(18)25)26(24(29)23(20)28)17-7-3-2-4-8-17/h2-14,21,27H,1H3/t21-/m0/s1. The van der Waals surface area contributed by atoms with Gasteiger partial charge in [0.25, 0.3) is 11.7 Å². The van der Waals surface area contributed by atoms with E-state index >= 15 is 0 Å². The molecule has 0 aromatic heterocycles. The highest BCUT2D eigenvalue weighted by Crippen LogP contribution is 2.42. The number of carbonyl (C=O) groups excluding carboxylic acids is 2. The van der Waals surface area contributed by atoms with Crippen molar-refractivity contribution in [3.05, 3.63) is 107 Å². The van der Waals surface area contributed by atoms with Crippen molar-refractivity contribution in [2.24, 2.45) is 0 Å². The number of hydrogen-bond acceptors (Lipinski definition) is 3. The van der Waals surface area contributed by atoms with Crippen molar-refractivity contribution in [3.63, 3.8) is 0 Å². The van der Waals surface area contributed by atoms with Crippen LogP contribution in [0, 0.1) is 12.7 Å². The van der Waals surface area contributed by atoms with E-state index in [0.29, 0.717) is 11.3 Å². The lowest BCUT2D eigenvalue weighted by Crippen LogP contribution is -2.29. The normalized spacial score (nSPS) is 18.3. The summed E-state index contributed by atoms with van der Waals surface area (Å²) in [6.45, 7) is 1.90. The molecule has 0 spiro atoms. The number of ketones is 1. The van der Waals surface area contributed by atoms with E-state index in [4.69, 9.17) is 0 Å². The molecule has 29 heavy (non-hydrogen) atoms. The van der Waals surface area contributed by atoms with Gasteiger partial charge >= 0.3 is 0 Å².